The maximum absolute atomic E-state index is 13.2. The molecule has 1 saturated heterocycles. The lowest BCUT2D eigenvalue weighted by Gasteiger charge is -2.28. The molecule has 9 heteroatoms. The summed E-state index contributed by atoms with van der Waals surface area (Å²) in [6.07, 6.45) is 3.50. The highest BCUT2D eigenvalue weighted by Gasteiger charge is 2.44. The third kappa shape index (κ3) is 4.67. The first-order chi connectivity index (χ1) is 15.4. The first-order valence-electron chi connectivity index (χ1n) is 10.6. The van der Waals surface area contributed by atoms with Gasteiger partial charge in [-0.3, -0.25) is 24.7 Å². The van der Waals surface area contributed by atoms with Crippen molar-refractivity contribution in [3.8, 4) is 0 Å². The third-order valence-corrected chi connectivity index (χ3v) is 5.80. The van der Waals surface area contributed by atoms with Crippen LogP contribution >= 0.6 is 0 Å². The molecule has 0 bridgehead atoms. The topological polar surface area (TPSA) is 121 Å². The van der Waals surface area contributed by atoms with Crippen LogP contribution in [0.15, 0.2) is 54.4 Å². The van der Waals surface area contributed by atoms with Gasteiger partial charge in [-0.25, -0.2) is 0 Å². The number of hydrogen-bond donors (Lipinski definition) is 1. The Morgan fingerprint density at radius 3 is 2.47 bits per heavy atom. The summed E-state index contributed by atoms with van der Waals surface area (Å²) in [6.45, 7) is 7.11. The van der Waals surface area contributed by atoms with E-state index < -0.39 is 28.4 Å². The molecule has 1 N–H and O–H groups in total. The van der Waals surface area contributed by atoms with Gasteiger partial charge in [0.2, 0.25) is 5.78 Å². The number of ketones is 1. The van der Waals surface area contributed by atoms with Crippen LogP contribution in [0.5, 0.6) is 0 Å². The van der Waals surface area contributed by atoms with Gasteiger partial charge >= 0.3 is 0 Å². The predicted molar refractivity (Wildman–Crippen MR) is 115 cm³/mol. The lowest BCUT2D eigenvalue weighted by Crippen LogP contribution is -3.11. The normalized spacial score (nSPS) is 17.8. The van der Waals surface area contributed by atoms with Crippen LogP contribution in [0.1, 0.15) is 37.4 Å². The molecule has 0 radical (unpaired) electrons. The van der Waals surface area contributed by atoms with Crippen molar-refractivity contribution >= 4 is 23.1 Å². The highest BCUT2D eigenvalue weighted by Crippen LogP contribution is 2.39. The van der Waals surface area contributed by atoms with E-state index in [9.17, 15) is 24.8 Å². The Hall–Kier alpha value is -3.59. The summed E-state index contributed by atoms with van der Waals surface area (Å²) in [5.74, 6) is -2.19. The second-order valence-electron chi connectivity index (χ2n) is 7.62. The van der Waals surface area contributed by atoms with Crippen LogP contribution in [0.25, 0.3) is 5.76 Å². The predicted octanol–water partition coefficient (Wildman–Crippen LogP) is 0.529. The Morgan fingerprint density at radius 2 is 1.84 bits per heavy atom. The number of non-ortho nitro benzene ring substituents is 1. The van der Waals surface area contributed by atoms with Crippen LogP contribution in [0.3, 0.4) is 0 Å². The molecule has 1 amide bonds. The van der Waals surface area contributed by atoms with E-state index in [1.165, 1.54) is 52.5 Å². The summed E-state index contributed by atoms with van der Waals surface area (Å²) in [6, 6.07) is 7.73. The molecule has 3 rings (SSSR count). The van der Waals surface area contributed by atoms with Crippen molar-refractivity contribution in [2.24, 2.45) is 0 Å². The van der Waals surface area contributed by atoms with E-state index in [-0.39, 0.29) is 23.4 Å². The van der Waals surface area contributed by atoms with Gasteiger partial charge in [0.05, 0.1) is 30.6 Å². The summed E-state index contributed by atoms with van der Waals surface area (Å²) >= 11 is 0. The standard InChI is InChI=1S/C23H26N4O5/c1-3-25(4-2)13-6-14-26-20(17-7-5-8-18(15-17)27(31)32)19(22(29)23(26)30)21(28)16-9-11-24-12-10-16/h5,7-12,15,20,28H,3-4,6,13-14H2,1-2H3. The molecule has 1 atom stereocenters. The van der Waals surface area contributed by atoms with E-state index in [0.29, 0.717) is 12.0 Å². The van der Waals surface area contributed by atoms with E-state index in [4.69, 9.17) is 0 Å². The van der Waals surface area contributed by atoms with E-state index >= 15 is 0 Å². The summed E-state index contributed by atoms with van der Waals surface area (Å²) in [5, 5.41) is 24.5. The van der Waals surface area contributed by atoms with Crippen molar-refractivity contribution in [3.05, 3.63) is 75.6 Å². The molecule has 1 aliphatic rings. The summed E-state index contributed by atoms with van der Waals surface area (Å²) in [7, 11) is 0. The highest BCUT2D eigenvalue weighted by molar-refractivity contribution is 6.46. The number of aromatic nitrogens is 1. The number of nitrogens with one attached hydrogen (secondary N) is 1. The fourth-order valence-corrected chi connectivity index (χ4v) is 4.02. The minimum absolute atomic E-state index is 0.169. The average Bonchev–Trinajstić information content (AvgIpc) is 3.07. The number of carbonyl (C=O) groups is 2. The van der Waals surface area contributed by atoms with Crippen molar-refractivity contribution in [3.63, 3.8) is 0 Å². The van der Waals surface area contributed by atoms with Gasteiger partial charge in [-0.05, 0) is 37.1 Å². The maximum Gasteiger partial charge on any atom is 0.295 e. The summed E-state index contributed by atoms with van der Waals surface area (Å²) in [4.78, 5) is 43.2. The number of rotatable bonds is 9. The number of amides is 1. The fourth-order valence-electron chi connectivity index (χ4n) is 4.02. The van der Waals surface area contributed by atoms with Gasteiger partial charge in [-0.15, -0.1) is 0 Å². The van der Waals surface area contributed by atoms with Crippen LogP contribution in [0.4, 0.5) is 5.69 Å². The molecule has 0 saturated carbocycles. The summed E-state index contributed by atoms with van der Waals surface area (Å²) < 4.78 is 0. The maximum atomic E-state index is 13.2. The van der Waals surface area contributed by atoms with Crippen LogP contribution in [-0.4, -0.2) is 52.7 Å². The highest BCUT2D eigenvalue weighted by atomic mass is 16.6. The smallest absolute Gasteiger partial charge is 0.295 e. The zero-order valence-corrected chi connectivity index (χ0v) is 18.1. The van der Waals surface area contributed by atoms with Crippen molar-refractivity contribution in [2.75, 3.05) is 26.2 Å². The van der Waals surface area contributed by atoms with Gasteiger partial charge in [-0.2, -0.15) is 0 Å². The number of likely N-dealkylation sites (tertiary alicyclic amines) is 1. The Balaban J connectivity index is 2.06. The zero-order chi connectivity index (χ0) is 23.3. The molecular formula is C23H26N4O5. The molecule has 0 aliphatic carbocycles. The number of benzene rings is 1. The first kappa shape index (κ1) is 23.1. The molecule has 2 aromatic rings. The quantitative estimate of drug-likeness (QED) is 0.200. The van der Waals surface area contributed by atoms with Gasteiger partial charge in [0.15, 0.2) is 0 Å². The molecule has 1 unspecified atom stereocenters. The van der Waals surface area contributed by atoms with Crippen molar-refractivity contribution in [2.45, 2.75) is 26.3 Å². The van der Waals surface area contributed by atoms with Crippen molar-refractivity contribution in [1.82, 2.24) is 9.88 Å². The summed E-state index contributed by atoms with van der Waals surface area (Å²) in [5.41, 5.74) is 0.251. The number of carbonyl (C=O) groups excluding carboxylic acids is 2. The number of hydrogen-bond acceptors (Lipinski definition) is 6. The minimum atomic E-state index is -0.970. The third-order valence-electron chi connectivity index (χ3n) is 5.80. The number of pyridine rings is 1. The second kappa shape index (κ2) is 10.1. The zero-order valence-electron chi connectivity index (χ0n) is 18.1. The first-order valence-corrected chi connectivity index (χ1v) is 10.6. The van der Waals surface area contributed by atoms with Gasteiger partial charge in [-0.1, -0.05) is 17.9 Å². The van der Waals surface area contributed by atoms with E-state index in [2.05, 4.69) is 18.8 Å². The van der Waals surface area contributed by atoms with E-state index in [1.807, 2.05) is 0 Å². The lowest BCUT2D eigenvalue weighted by molar-refractivity contribution is -0.896. The molecule has 2 heterocycles. The molecule has 168 valence electrons. The number of nitro groups is 1. The average molecular weight is 438 g/mol. The molecule has 32 heavy (non-hydrogen) atoms. The molecule has 9 nitrogen and oxygen atoms in total. The molecule has 1 fully saturated rings. The Bertz CT molecular complexity index is 1030. The van der Waals surface area contributed by atoms with Crippen LogP contribution in [0.2, 0.25) is 0 Å². The van der Waals surface area contributed by atoms with Gasteiger partial charge < -0.3 is 14.9 Å². The Kier molecular flexibility index (Phi) is 7.32. The Morgan fingerprint density at radius 1 is 1.16 bits per heavy atom. The van der Waals surface area contributed by atoms with Crippen LogP contribution in [-0.2, 0) is 9.59 Å². The van der Waals surface area contributed by atoms with Gasteiger partial charge in [0, 0.05) is 43.1 Å². The van der Waals surface area contributed by atoms with Crippen molar-refractivity contribution < 1.29 is 24.5 Å². The van der Waals surface area contributed by atoms with Crippen LogP contribution in [0, 0.1) is 10.1 Å². The molecule has 1 aromatic heterocycles. The minimum Gasteiger partial charge on any atom is -0.872 e. The second-order valence-corrected chi connectivity index (χ2v) is 7.62. The van der Waals surface area contributed by atoms with Crippen LogP contribution < -0.4 is 10.0 Å². The number of quaternary nitrogens is 1. The number of nitrogens with zero attached hydrogens (tertiary/aromatic N) is 3. The number of nitro benzene ring substituents is 1. The molecule has 0 spiro atoms. The van der Waals surface area contributed by atoms with Crippen molar-refractivity contribution in [1.29, 1.82) is 0 Å². The lowest BCUT2D eigenvalue weighted by atomic mass is 9.95. The largest absolute Gasteiger partial charge is 0.872 e. The van der Waals surface area contributed by atoms with Gasteiger partial charge in [0.1, 0.15) is 0 Å². The Labute approximate surface area is 186 Å². The van der Waals surface area contributed by atoms with E-state index in [0.717, 1.165) is 19.6 Å². The van der Waals surface area contributed by atoms with Gasteiger partial charge in [0.25, 0.3) is 11.6 Å². The van der Waals surface area contributed by atoms with E-state index in [1.54, 1.807) is 6.07 Å². The molecular weight excluding hydrogens is 412 g/mol. The SMILES string of the molecule is CC[NH+](CC)CCCN1C(=O)C(=O)C(=C([O-])c2ccncc2)C1c1cccc([N+](=O)[O-])c1. The fraction of sp³-hybridized carbons (Fsp3) is 0.348. The number of Topliss-reactive ketones (excluding diaryl/α,β-unsaturated/α-hetero) is 1. The molecule has 1 aliphatic heterocycles. The molecule has 1 aromatic carbocycles. The monoisotopic (exact) mass is 438 g/mol.